The number of rotatable bonds is 12. The highest BCUT2D eigenvalue weighted by Gasteiger charge is 2.32. The van der Waals surface area contributed by atoms with E-state index in [-0.39, 0.29) is 30.3 Å². The van der Waals surface area contributed by atoms with Crippen molar-refractivity contribution in [1.29, 1.82) is 0 Å². The van der Waals surface area contributed by atoms with Crippen LogP contribution in [0, 0.1) is 0 Å². The molecule has 0 bridgehead atoms. The molecule has 2 heterocycles. The molecule has 2 fully saturated rings. The lowest BCUT2D eigenvalue weighted by Crippen LogP contribution is -2.31. The topological polar surface area (TPSA) is 108 Å². The minimum Gasteiger partial charge on any atom is -0.495 e. The van der Waals surface area contributed by atoms with E-state index in [1.165, 1.54) is 53.8 Å². The molecule has 0 unspecified atom stereocenters. The Balaban J connectivity index is 1.31. The predicted octanol–water partition coefficient (Wildman–Crippen LogP) is 6.42. The number of thiocarbonyl (C=S) groups is 1. The van der Waals surface area contributed by atoms with Crippen molar-refractivity contribution in [3.05, 3.63) is 81.7 Å². The average Bonchev–Trinajstić information content (AvgIpc) is 3.64. The molecule has 3 aromatic rings. The number of aromatic carboxylic acids is 1. The molecule has 0 atom stereocenters. The Morgan fingerprint density at radius 2 is 1.71 bits per heavy atom. The predicted molar refractivity (Wildman–Crippen MR) is 181 cm³/mol. The molecule has 2 saturated heterocycles. The van der Waals surface area contributed by atoms with Gasteiger partial charge in [-0.25, -0.2) is 4.79 Å². The first-order valence-corrected chi connectivity index (χ1v) is 16.0. The number of carboxylic acids is 1. The van der Waals surface area contributed by atoms with Gasteiger partial charge in [-0.2, -0.15) is 0 Å². The molecule has 0 radical (unpaired) electrons. The number of carboxylic acid groups (broad SMARTS) is 1. The number of benzene rings is 3. The molecular weight excluding hydrogens is 634 g/mol. The highest BCUT2D eigenvalue weighted by Crippen LogP contribution is 2.37. The van der Waals surface area contributed by atoms with Gasteiger partial charge in [-0.1, -0.05) is 47.7 Å². The number of carbonyl (C=O) groups excluding carboxylic acids is 2. The normalized spacial score (nSPS) is 16.0. The van der Waals surface area contributed by atoms with E-state index in [1.807, 2.05) is 36.4 Å². The second-order valence-corrected chi connectivity index (χ2v) is 12.6. The monoisotopic (exact) mass is 665 g/mol. The van der Waals surface area contributed by atoms with E-state index < -0.39 is 5.97 Å². The number of ether oxygens (including phenoxy) is 2. The minimum absolute atomic E-state index is 0.0129. The van der Waals surface area contributed by atoms with Crippen LogP contribution in [0.15, 0.2) is 65.6 Å². The molecule has 3 aromatic carbocycles. The molecule has 2 amide bonds. The highest BCUT2D eigenvalue weighted by molar-refractivity contribution is 8.26. The lowest BCUT2D eigenvalue weighted by molar-refractivity contribution is -0.122. The van der Waals surface area contributed by atoms with Crippen LogP contribution in [0.5, 0.6) is 11.5 Å². The molecule has 0 aromatic heterocycles. The van der Waals surface area contributed by atoms with Gasteiger partial charge in [0.05, 0.1) is 22.6 Å². The van der Waals surface area contributed by atoms with E-state index in [0.29, 0.717) is 38.0 Å². The zero-order valence-corrected chi connectivity index (χ0v) is 27.0. The number of amides is 2. The van der Waals surface area contributed by atoms with Crippen LogP contribution < -0.4 is 14.8 Å². The van der Waals surface area contributed by atoms with Gasteiger partial charge in [-0.15, -0.1) is 0 Å². The zero-order valence-electron chi connectivity index (χ0n) is 24.6. The van der Waals surface area contributed by atoms with E-state index in [4.69, 9.17) is 38.4 Å². The Hall–Kier alpha value is -3.90. The molecule has 12 heteroatoms. The summed E-state index contributed by atoms with van der Waals surface area (Å²) in [5.41, 5.74) is 3.08. The Morgan fingerprint density at radius 1 is 1.02 bits per heavy atom. The van der Waals surface area contributed by atoms with Crippen LogP contribution in [0.3, 0.4) is 0 Å². The number of thioether (sulfide) groups is 1. The van der Waals surface area contributed by atoms with Gasteiger partial charge in [0, 0.05) is 30.8 Å². The lowest BCUT2D eigenvalue weighted by Gasteiger charge is -2.17. The first-order chi connectivity index (χ1) is 21.7. The number of likely N-dealkylation sites (tertiary alicyclic amines) is 1. The summed E-state index contributed by atoms with van der Waals surface area (Å²) in [6.07, 6.45) is 4.20. The zero-order chi connectivity index (χ0) is 31.9. The smallest absolute Gasteiger partial charge is 0.335 e. The van der Waals surface area contributed by atoms with Gasteiger partial charge in [0.25, 0.3) is 5.91 Å². The van der Waals surface area contributed by atoms with Crippen LogP contribution in [0.25, 0.3) is 17.2 Å². The van der Waals surface area contributed by atoms with Crippen LogP contribution in [0.1, 0.15) is 35.2 Å². The maximum atomic E-state index is 13.4. The number of hydrogen-bond donors (Lipinski definition) is 2. The van der Waals surface area contributed by atoms with E-state index in [0.717, 1.165) is 36.3 Å². The van der Waals surface area contributed by atoms with Gasteiger partial charge in [0.15, 0.2) is 0 Å². The molecular formula is C33H32ClN3O6S2. The Morgan fingerprint density at radius 3 is 2.38 bits per heavy atom. The summed E-state index contributed by atoms with van der Waals surface area (Å²) >= 11 is 13.1. The van der Waals surface area contributed by atoms with Crippen molar-refractivity contribution in [3.8, 4) is 22.6 Å². The van der Waals surface area contributed by atoms with Crippen molar-refractivity contribution in [1.82, 2.24) is 9.80 Å². The number of nitrogens with zero attached hydrogens (tertiary/aromatic N) is 2. The molecule has 2 N–H and O–H groups in total. The van der Waals surface area contributed by atoms with E-state index in [1.54, 1.807) is 13.2 Å². The number of hydrogen-bond acceptors (Lipinski definition) is 8. The fourth-order valence-electron chi connectivity index (χ4n) is 5.08. The van der Waals surface area contributed by atoms with Crippen LogP contribution in [-0.4, -0.2) is 76.9 Å². The summed E-state index contributed by atoms with van der Waals surface area (Å²) in [6, 6.07) is 17.2. The third-order valence-corrected chi connectivity index (χ3v) is 9.17. The Labute approximate surface area is 276 Å². The van der Waals surface area contributed by atoms with E-state index in [9.17, 15) is 14.4 Å². The SMILES string of the molecule is COc1ccc(-c2ccc(OCCN3CCCC3)c(C=C3SC(=S)N(CCC(=O)Nc4ccc(C(=O)O)cc4)C3=O)c2)cc1Cl. The van der Waals surface area contributed by atoms with Crippen LogP contribution in [0.4, 0.5) is 5.69 Å². The third kappa shape index (κ3) is 8.23. The maximum Gasteiger partial charge on any atom is 0.335 e. The average molecular weight is 666 g/mol. The van der Waals surface area contributed by atoms with Crippen LogP contribution in [0.2, 0.25) is 5.02 Å². The molecule has 0 spiro atoms. The quantitative estimate of drug-likeness (QED) is 0.167. The summed E-state index contributed by atoms with van der Waals surface area (Å²) in [5, 5.41) is 12.3. The summed E-state index contributed by atoms with van der Waals surface area (Å²) < 4.78 is 11.9. The Kier molecular flexibility index (Phi) is 10.8. The number of anilines is 1. The molecule has 0 aliphatic carbocycles. The van der Waals surface area contributed by atoms with Crippen molar-refractivity contribution >= 4 is 69.4 Å². The Bertz CT molecular complexity index is 1640. The number of nitrogens with one attached hydrogen (secondary N) is 1. The second kappa shape index (κ2) is 14.9. The molecule has 45 heavy (non-hydrogen) atoms. The van der Waals surface area contributed by atoms with Gasteiger partial charge in [0.1, 0.15) is 22.4 Å². The van der Waals surface area contributed by atoms with Crippen LogP contribution in [-0.2, 0) is 9.59 Å². The molecule has 234 valence electrons. The highest BCUT2D eigenvalue weighted by atomic mass is 35.5. The van der Waals surface area contributed by atoms with Gasteiger partial charge < -0.3 is 19.9 Å². The third-order valence-electron chi connectivity index (χ3n) is 7.50. The maximum absolute atomic E-state index is 13.4. The molecule has 2 aliphatic heterocycles. The first kappa shape index (κ1) is 32.5. The second-order valence-electron chi connectivity index (χ2n) is 10.5. The van der Waals surface area contributed by atoms with Crippen molar-refractivity contribution in [2.75, 3.05) is 45.2 Å². The van der Waals surface area contributed by atoms with E-state index in [2.05, 4.69) is 10.2 Å². The van der Waals surface area contributed by atoms with Gasteiger partial charge in [-0.3, -0.25) is 19.4 Å². The first-order valence-electron chi connectivity index (χ1n) is 14.4. The number of carbonyl (C=O) groups is 3. The summed E-state index contributed by atoms with van der Waals surface area (Å²) in [5.74, 6) is -0.430. The van der Waals surface area contributed by atoms with Crippen molar-refractivity contribution in [3.63, 3.8) is 0 Å². The van der Waals surface area contributed by atoms with Gasteiger partial charge >= 0.3 is 5.97 Å². The summed E-state index contributed by atoms with van der Waals surface area (Å²) in [4.78, 5) is 41.3. The minimum atomic E-state index is -1.05. The number of methoxy groups -OCH3 is 1. The van der Waals surface area contributed by atoms with Crippen molar-refractivity contribution in [2.24, 2.45) is 0 Å². The molecule has 9 nitrogen and oxygen atoms in total. The molecule has 2 aliphatic rings. The molecule has 0 saturated carbocycles. The molecule has 5 rings (SSSR count). The lowest BCUT2D eigenvalue weighted by atomic mass is 10.0. The fourth-order valence-corrected chi connectivity index (χ4v) is 6.63. The van der Waals surface area contributed by atoms with Gasteiger partial charge in [-0.05, 0) is 91.7 Å². The van der Waals surface area contributed by atoms with Crippen molar-refractivity contribution < 1.29 is 29.0 Å². The summed E-state index contributed by atoms with van der Waals surface area (Å²) in [7, 11) is 1.57. The standard InChI is InChI=1S/C33H32ClN3O6S2/c1-42-28-11-7-23(19-26(28)34)22-6-10-27(43-17-16-36-13-2-3-14-36)24(18-22)20-29-31(39)37(33(44)45-29)15-12-30(38)35-25-8-4-21(5-9-25)32(40)41/h4-11,18-20H,2-3,12-17H2,1H3,(H,35,38)(H,40,41). The fraction of sp³-hybridized carbons (Fsp3) is 0.273. The number of halogens is 1. The van der Waals surface area contributed by atoms with Crippen molar-refractivity contribution in [2.45, 2.75) is 19.3 Å². The summed E-state index contributed by atoms with van der Waals surface area (Å²) in [6.45, 7) is 3.59. The van der Waals surface area contributed by atoms with Gasteiger partial charge in [0.2, 0.25) is 5.91 Å². The van der Waals surface area contributed by atoms with E-state index >= 15 is 0 Å². The van der Waals surface area contributed by atoms with Crippen LogP contribution >= 0.6 is 35.6 Å². The largest absolute Gasteiger partial charge is 0.495 e.